The number of anilines is 3. The van der Waals surface area contributed by atoms with Gasteiger partial charge >= 0.3 is 0 Å². The first-order valence-electron chi connectivity index (χ1n) is 27.6. The number of rotatable bonds is 19. The molecule has 1 unspecified atom stereocenters. The maximum Gasteiger partial charge on any atom is 0.293 e. The molecule has 1 saturated carbocycles. The number of carbonyl (C=O) groups excluding carboxylic acids is 2. The fourth-order valence-electron chi connectivity index (χ4n) is 12.0. The van der Waals surface area contributed by atoms with Crippen LogP contribution in [0.1, 0.15) is 94.7 Å². The summed E-state index contributed by atoms with van der Waals surface area (Å²) in [5, 5.41) is 36.5. The van der Waals surface area contributed by atoms with Crippen LogP contribution in [0.4, 0.5) is 26.0 Å². The standard InChI is InChI=1S/C57H68F2N12O8S/c1-32(2)52(56(75)70-28-39(72)20-47(70)55(74)64-33(3)35-9-12-44(62-25-35)53-34(4)63-31-80-53)49-24-51(67-79-49)76-30-57(58,59)29-68-17-14-40(15-18-68)77-41-21-42(22-41)78-50-19-36(13-16-61-50)71-37-10-11-38(71)27-69(26-37)46-23-45(65-66-54(46)60)43-7-5-6-8-48(43)73/h5-9,12-13,16,19,23-25,31-33,37-42,47,52,72-73H,10-11,14-15,17-18,20-22,26-30H2,1-4H3,(H2,60,66)(H,64,74)/t33-,37+,38?,39+,41?,42?,47-,52-/m0/s1. The molecule has 23 heteroatoms. The molecule has 11 rings (SSSR count). The largest absolute Gasteiger partial charge is 0.507 e. The number of halogens is 2. The van der Waals surface area contributed by atoms with Crippen molar-refractivity contribution in [3.05, 3.63) is 95.6 Å². The van der Waals surface area contributed by atoms with Crippen molar-refractivity contribution in [1.29, 1.82) is 0 Å². The normalized spacial score (nSPS) is 23.3. The number of fused-ring (bicyclic) bond motifs is 2. The Balaban J connectivity index is 0.607. The summed E-state index contributed by atoms with van der Waals surface area (Å²) < 4.78 is 54.8. The number of nitrogen functional groups attached to an aromatic ring is 1. The molecule has 6 aromatic rings. The Hall–Kier alpha value is -7.08. The minimum atomic E-state index is -3.22. The van der Waals surface area contributed by atoms with Crippen molar-refractivity contribution in [2.75, 3.05) is 61.4 Å². The van der Waals surface area contributed by atoms with Gasteiger partial charge in [-0.2, -0.15) is 0 Å². The van der Waals surface area contributed by atoms with E-state index in [1.807, 2.05) is 70.2 Å². The summed E-state index contributed by atoms with van der Waals surface area (Å²) in [6, 6.07) is 17.2. The van der Waals surface area contributed by atoms with Crippen LogP contribution in [0.2, 0.25) is 0 Å². The van der Waals surface area contributed by atoms with Gasteiger partial charge in [0.25, 0.3) is 11.8 Å². The molecule has 1 aliphatic carbocycles. The van der Waals surface area contributed by atoms with E-state index < -0.39 is 55.0 Å². The lowest BCUT2D eigenvalue weighted by Gasteiger charge is -2.43. The van der Waals surface area contributed by atoms with Crippen LogP contribution in [0.3, 0.4) is 0 Å². The van der Waals surface area contributed by atoms with Crippen LogP contribution in [-0.4, -0.2) is 156 Å². The van der Waals surface area contributed by atoms with Crippen LogP contribution in [0.15, 0.2) is 83.1 Å². The maximum atomic E-state index is 15.5. The van der Waals surface area contributed by atoms with Gasteiger partial charge in [-0.3, -0.25) is 19.5 Å². The number of thiazole rings is 1. The third-order valence-electron chi connectivity index (χ3n) is 16.2. The van der Waals surface area contributed by atoms with Crippen molar-refractivity contribution < 1.29 is 47.3 Å². The van der Waals surface area contributed by atoms with Crippen LogP contribution in [0, 0.1) is 12.8 Å². The molecule has 80 heavy (non-hydrogen) atoms. The number of likely N-dealkylation sites (tertiary alicyclic amines) is 2. The molecule has 20 nitrogen and oxygen atoms in total. The van der Waals surface area contributed by atoms with Crippen molar-refractivity contribution in [3.63, 3.8) is 0 Å². The smallest absolute Gasteiger partial charge is 0.293 e. The van der Waals surface area contributed by atoms with Gasteiger partial charge in [-0.1, -0.05) is 32.0 Å². The fraction of sp³-hybridized carbons (Fsp3) is 0.509. The van der Waals surface area contributed by atoms with Crippen LogP contribution in [-0.2, 0) is 14.3 Å². The number of phenols is 1. The van der Waals surface area contributed by atoms with Crippen molar-refractivity contribution in [2.45, 2.75) is 133 Å². The Morgan fingerprint density at radius 3 is 2.39 bits per heavy atom. The number of para-hydroxylation sites is 1. The minimum absolute atomic E-state index is 0.0155. The number of nitrogens with one attached hydrogen (secondary N) is 1. The molecule has 2 bridgehead atoms. The third kappa shape index (κ3) is 12.0. The van der Waals surface area contributed by atoms with Gasteiger partial charge in [-0.05, 0) is 86.5 Å². The van der Waals surface area contributed by atoms with Crippen LogP contribution < -0.4 is 30.3 Å². The highest BCUT2D eigenvalue weighted by molar-refractivity contribution is 7.13. The molecule has 6 atom stereocenters. The van der Waals surface area contributed by atoms with Gasteiger partial charge in [0.1, 0.15) is 23.8 Å². The van der Waals surface area contributed by atoms with Crippen molar-refractivity contribution in [3.8, 4) is 39.3 Å². The molecule has 2 amide bonds. The first-order chi connectivity index (χ1) is 38.5. The van der Waals surface area contributed by atoms with E-state index in [-0.39, 0.29) is 66.7 Å². The van der Waals surface area contributed by atoms with Gasteiger partial charge in [0.15, 0.2) is 18.2 Å². The van der Waals surface area contributed by atoms with E-state index in [4.69, 9.17) is 24.5 Å². The number of benzene rings is 1. The second-order valence-electron chi connectivity index (χ2n) is 22.3. The average molecular weight is 1120 g/mol. The number of aromatic hydroxyl groups is 1. The summed E-state index contributed by atoms with van der Waals surface area (Å²) >= 11 is 1.50. The number of carbonyl (C=O) groups is 2. The summed E-state index contributed by atoms with van der Waals surface area (Å²) in [6.07, 6.45) is 7.27. The van der Waals surface area contributed by atoms with E-state index in [0.717, 1.165) is 59.1 Å². The number of alkyl halides is 2. The summed E-state index contributed by atoms with van der Waals surface area (Å²) in [7, 11) is 0. The van der Waals surface area contributed by atoms with Crippen LogP contribution in [0.5, 0.6) is 17.5 Å². The van der Waals surface area contributed by atoms with Gasteiger partial charge in [-0.15, -0.1) is 21.5 Å². The number of piperazine rings is 1. The number of aromatic nitrogens is 6. The Kier molecular flexibility index (Phi) is 15.9. The molecule has 0 spiro atoms. The lowest BCUT2D eigenvalue weighted by molar-refractivity contribution is -0.141. The molecule has 4 saturated heterocycles. The average Bonchev–Trinajstić information content (AvgIpc) is 4.31. The van der Waals surface area contributed by atoms with E-state index in [9.17, 15) is 19.8 Å². The Bertz CT molecular complexity index is 3120. The number of phenolic OH excluding ortho intramolecular Hbond substituents is 1. The number of amides is 2. The van der Waals surface area contributed by atoms with Crippen molar-refractivity contribution in [2.24, 2.45) is 5.92 Å². The first-order valence-corrected chi connectivity index (χ1v) is 28.5. The second kappa shape index (κ2) is 23.2. The van der Waals surface area contributed by atoms with Crippen molar-refractivity contribution in [1.82, 2.24) is 45.4 Å². The molecule has 1 aromatic carbocycles. The summed E-state index contributed by atoms with van der Waals surface area (Å²) in [5.41, 5.74) is 13.6. The Labute approximate surface area is 466 Å². The predicted octanol–water partition coefficient (Wildman–Crippen LogP) is 7.18. The molecule has 0 radical (unpaired) electrons. The monoisotopic (exact) mass is 1120 g/mol. The number of aliphatic hydroxyl groups is 1. The maximum absolute atomic E-state index is 15.5. The summed E-state index contributed by atoms with van der Waals surface area (Å²) in [6.45, 7) is 8.24. The highest BCUT2D eigenvalue weighted by Crippen LogP contribution is 2.41. The number of aryl methyl sites for hydroxylation is 1. The van der Waals surface area contributed by atoms with Crippen LogP contribution in [0.25, 0.3) is 21.8 Å². The van der Waals surface area contributed by atoms with Gasteiger partial charge in [-0.25, -0.2) is 18.7 Å². The summed E-state index contributed by atoms with van der Waals surface area (Å²) in [4.78, 5) is 50.1. The number of pyridine rings is 2. The molecular formula is C57H68F2N12O8S. The lowest BCUT2D eigenvalue weighted by Crippen LogP contribution is -2.54. The van der Waals surface area contributed by atoms with Gasteiger partial charge in [0.05, 0.1) is 64.1 Å². The third-order valence-corrected chi connectivity index (χ3v) is 17.2. The zero-order valence-electron chi connectivity index (χ0n) is 45.2. The lowest BCUT2D eigenvalue weighted by atomic mass is 9.91. The van der Waals surface area contributed by atoms with Gasteiger partial charge in [0, 0.05) is 99.8 Å². The number of hydrogen-bond donors (Lipinski definition) is 4. The van der Waals surface area contributed by atoms with E-state index in [2.05, 4.69) is 45.4 Å². The molecule has 5 N–H and O–H groups in total. The SMILES string of the molecule is Cc1ncsc1-c1ccc([C@H](C)NC(=O)[C@@H]2C[C@@H](O)CN2C(=O)[C@H](c2cc(OCC(F)(F)CN3CCC(OC4CC(Oc5cc(N6C7CC[C@@H]6CN(c6cc(-c8ccccc8O)nnc6N)C7)ccn5)C4)CC3)no2)C(C)C)cn1. The number of nitrogens with zero attached hydrogens (tertiary/aromatic N) is 10. The number of piperidine rings is 1. The quantitative estimate of drug-likeness (QED) is 0.0627. The Morgan fingerprint density at radius 1 is 0.900 bits per heavy atom. The number of aliphatic hydroxyl groups excluding tert-OH is 1. The molecule has 4 aliphatic heterocycles. The minimum Gasteiger partial charge on any atom is -0.507 e. The van der Waals surface area contributed by atoms with E-state index in [0.29, 0.717) is 61.7 Å². The highest BCUT2D eigenvalue weighted by Gasteiger charge is 2.45. The molecule has 5 fully saturated rings. The van der Waals surface area contributed by atoms with Gasteiger partial charge < -0.3 is 54.7 Å². The number of nitrogens with two attached hydrogens (primary N) is 1. The highest BCUT2D eigenvalue weighted by atomic mass is 32.1. The van der Waals surface area contributed by atoms with E-state index >= 15 is 8.78 Å². The van der Waals surface area contributed by atoms with Gasteiger partial charge in [0.2, 0.25) is 17.7 Å². The Morgan fingerprint density at radius 2 is 1.68 bits per heavy atom. The molecular weight excluding hydrogens is 1050 g/mol. The molecule has 5 aromatic heterocycles. The predicted molar refractivity (Wildman–Crippen MR) is 295 cm³/mol. The number of β-amino-alcohol motifs (C(OH)–C–C–N with tert-alkyl or cyclic N) is 1. The topological polar surface area (TPSA) is 244 Å². The second-order valence-corrected chi connectivity index (χ2v) is 23.2. The van der Waals surface area contributed by atoms with E-state index in [1.54, 1.807) is 34.9 Å². The number of hydrogen-bond acceptors (Lipinski definition) is 19. The first kappa shape index (κ1) is 54.9. The molecule has 424 valence electrons. The zero-order chi connectivity index (χ0) is 55.8. The van der Waals surface area contributed by atoms with E-state index in [1.165, 1.54) is 22.3 Å². The zero-order valence-corrected chi connectivity index (χ0v) is 46.1. The van der Waals surface area contributed by atoms with Crippen LogP contribution >= 0.6 is 11.3 Å². The molecule has 9 heterocycles. The summed E-state index contributed by atoms with van der Waals surface area (Å²) in [5.74, 6) is -4.37. The van der Waals surface area contributed by atoms with Crippen molar-refractivity contribution >= 4 is 40.3 Å². The number of ether oxygens (including phenoxy) is 3. The molecule has 5 aliphatic rings. The fourth-order valence-corrected chi connectivity index (χ4v) is 12.8.